The zero-order valence-corrected chi connectivity index (χ0v) is 17.3. The summed E-state index contributed by atoms with van der Waals surface area (Å²) in [5, 5.41) is 4.11. The summed E-state index contributed by atoms with van der Waals surface area (Å²) in [6.45, 7) is 3.18. The Balaban J connectivity index is 1.37. The van der Waals surface area contributed by atoms with Crippen molar-refractivity contribution < 1.29 is 9.59 Å². The number of halogens is 1. The van der Waals surface area contributed by atoms with Crippen LogP contribution >= 0.6 is 15.9 Å². The average molecular weight is 440 g/mol. The predicted molar refractivity (Wildman–Crippen MR) is 114 cm³/mol. The minimum Gasteiger partial charge on any atom is -0.361 e. The molecule has 3 aromatic rings. The van der Waals surface area contributed by atoms with Gasteiger partial charge < -0.3 is 15.2 Å². The number of aromatic amines is 1. The first kappa shape index (κ1) is 18.7. The molecule has 0 radical (unpaired) electrons. The highest BCUT2D eigenvalue weighted by molar-refractivity contribution is 9.10. The molecule has 1 saturated heterocycles. The van der Waals surface area contributed by atoms with Gasteiger partial charge in [-0.25, -0.2) is 0 Å². The quantitative estimate of drug-likeness (QED) is 0.623. The van der Waals surface area contributed by atoms with E-state index in [2.05, 4.69) is 51.4 Å². The van der Waals surface area contributed by atoms with E-state index in [4.69, 9.17) is 0 Å². The molecule has 1 aliphatic heterocycles. The first-order valence-electron chi connectivity index (χ1n) is 9.40. The summed E-state index contributed by atoms with van der Waals surface area (Å²) >= 11 is 3.38. The largest absolute Gasteiger partial charge is 0.361 e. The van der Waals surface area contributed by atoms with Crippen LogP contribution in [0.1, 0.15) is 17.5 Å². The van der Waals surface area contributed by atoms with E-state index in [1.54, 1.807) is 4.90 Å². The molecule has 1 atom stereocenters. The third-order valence-electron chi connectivity index (χ3n) is 5.27. The normalized spacial score (nSPS) is 16.7. The Morgan fingerprint density at radius 3 is 2.82 bits per heavy atom. The SMILES string of the molecule is Cc1ccc2[nH]cc(CCN3C[C@@H](C(=O)Nc4ccc(Br)cc4)CC3=O)c2c1. The van der Waals surface area contributed by atoms with Crippen LogP contribution < -0.4 is 5.32 Å². The Bertz CT molecular complexity index is 1030. The summed E-state index contributed by atoms with van der Waals surface area (Å²) in [5.41, 5.74) is 4.28. The van der Waals surface area contributed by atoms with Gasteiger partial charge in [0.25, 0.3) is 0 Å². The summed E-state index contributed by atoms with van der Waals surface area (Å²) in [4.78, 5) is 30.0. The fourth-order valence-electron chi connectivity index (χ4n) is 3.70. The van der Waals surface area contributed by atoms with Crippen molar-refractivity contribution in [2.24, 2.45) is 5.92 Å². The lowest BCUT2D eigenvalue weighted by Gasteiger charge is -2.16. The Kier molecular flexibility index (Phi) is 5.22. The molecule has 1 fully saturated rings. The number of anilines is 1. The Morgan fingerprint density at radius 2 is 2.04 bits per heavy atom. The van der Waals surface area contributed by atoms with Crippen LogP contribution in [0.3, 0.4) is 0 Å². The molecule has 2 aromatic carbocycles. The number of nitrogens with zero attached hydrogens (tertiary/aromatic N) is 1. The number of amides is 2. The fraction of sp³-hybridized carbons (Fsp3) is 0.273. The highest BCUT2D eigenvalue weighted by atomic mass is 79.9. The molecule has 0 unspecified atom stereocenters. The molecule has 2 N–H and O–H groups in total. The monoisotopic (exact) mass is 439 g/mol. The maximum absolute atomic E-state index is 12.5. The second-order valence-electron chi connectivity index (χ2n) is 7.35. The number of aromatic nitrogens is 1. The second-order valence-corrected chi connectivity index (χ2v) is 8.27. The molecule has 1 aliphatic rings. The van der Waals surface area contributed by atoms with Gasteiger partial charge >= 0.3 is 0 Å². The van der Waals surface area contributed by atoms with Crippen molar-refractivity contribution in [3.8, 4) is 0 Å². The van der Waals surface area contributed by atoms with Gasteiger partial charge in [-0.1, -0.05) is 27.6 Å². The smallest absolute Gasteiger partial charge is 0.229 e. The molecular weight excluding hydrogens is 418 g/mol. The van der Waals surface area contributed by atoms with E-state index in [1.165, 1.54) is 16.5 Å². The Labute approximate surface area is 172 Å². The van der Waals surface area contributed by atoms with Gasteiger partial charge in [0, 0.05) is 46.8 Å². The number of aryl methyl sites for hydroxylation is 1. The molecule has 0 bridgehead atoms. The molecule has 28 heavy (non-hydrogen) atoms. The highest BCUT2D eigenvalue weighted by Crippen LogP contribution is 2.24. The number of carbonyl (C=O) groups excluding carboxylic acids is 2. The number of rotatable bonds is 5. The van der Waals surface area contributed by atoms with E-state index in [9.17, 15) is 9.59 Å². The van der Waals surface area contributed by atoms with Gasteiger partial charge in [0.05, 0.1) is 5.92 Å². The molecule has 0 aliphatic carbocycles. The van der Waals surface area contributed by atoms with Gasteiger partial charge in [-0.05, 0) is 55.3 Å². The summed E-state index contributed by atoms with van der Waals surface area (Å²) in [6, 6.07) is 13.8. The van der Waals surface area contributed by atoms with Crippen LogP contribution in [-0.2, 0) is 16.0 Å². The minimum absolute atomic E-state index is 0.0481. The van der Waals surface area contributed by atoms with Crippen molar-refractivity contribution >= 4 is 44.3 Å². The lowest BCUT2D eigenvalue weighted by Crippen LogP contribution is -2.30. The van der Waals surface area contributed by atoms with Gasteiger partial charge in [0.2, 0.25) is 11.8 Å². The van der Waals surface area contributed by atoms with Crippen molar-refractivity contribution in [1.82, 2.24) is 9.88 Å². The standard InChI is InChI=1S/C22H22BrN3O2/c1-14-2-7-20-19(10-14)15(12-24-20)8-9-26-13-16(11-21(26)27)22(28)25-18-5-3-17(23)4-6-18/h2-7,10,12,16,24H,8-9,11,13H2,1H3,(H,25,28)/t16-/m0/s1. The van der Waals surface area contributed by atoms with E-state index in [1.807, 2.05) is 30.5 Å². The predicted octanol–water partition coefficient (Wildman–Crippen LogP) is 4.27. The number of fused-ring (bicyclic) bond motifs is 1. The van der Waals surface area contributed by atoms with Crippen LogP contribution in [0.5, 0.6) is 0 Å². The summed E-state index contributed by atoms with van der Waals surface area (Å²) in [5.74, 6) is -0.353. The molecular formula is C22H22BrN3O2. The highest BCUT2D eigenvalue weighted by Gasteiger charge is 2.34. The summed E-state index contributed by atoms with van der Waals surface area (Å²) in [6.07, 6.45) is 3.06. The molecule has 0 spiro atoms. The van der Waals surface area contributed by atoms with Gasteiger partial charge in [0.1, 0.15) is 0 Å². The van der Waals surface area contributed by atoms with Crippen LogP contribution in [-0.4, -0.2) is 34.8 Å². The van der Waals surface area contributed by atoms with Crippen molar-refractivity contribution in [3.63, 3.8) is 0 Å². The van der Waals surface area contributed by atoms with E-state index in [0.717, 1.165) is 22.1 Å². The van der Waals surface area contributed by atoms with E-state index in [0.29, 0.717) is 13.1 Å². The van der Waals surface area contributed by atoms with Gasteiger partial charge in [0.15, 0.2) is 0 Å². The van der Waals surface area contributed by atoms with E-state index < -0.39 is 0 Å². The Hall–Kier alpha value is -2.60. The van der Waals surface area contributed by atoms with Gasteiger partial charge in [-0.15, -0.1) is 0 Å². The average Bonchev–Trinajstić information content (AvgIpc) is 3.25. The molecule has 144 valence electrons. The zero-order chi connectivity index (χ0) is 19.7. The molecule has 4 rings (SSSR count). The minimum atomic E-state index is -0.304. The molecule has 6 heteroatoms. The number of nitrogens with one attached hydrogen (secondary N) is 2. The maximum atomic E-state index is 12.5. The third kappa shape index (κ3) is 3.97. The number of carbonyl (C=O) groups is 2. The lowest BCUT2D eigenvalue weighted by atomic mass is 10.1. The molecule has 5 nitrogen and oxygen atoms in total. The second kappa shape index (κ2) is 7.80. The molecule has 2 amide bonds. The van der Waals surface area contributed by atoms with Crippen molar-refractivity contribution in [2.45, 2.75) is 19.8 Å². The number of H-pyrrole nitrogens is 1. The first-order valence-corrected chi connectivity index (χ1v) is 10.2. The van der Waals surface area contributed by atoms with Crippen LogP contribution in [0.2, 0.25) is 0 Å². The topological polar surface area (TPSA) is 65.2 Å². The van der Waals surface area contributed by atoms with Crippen molar-refractivity contribution in [2.75, 3.05) is 18.4 Å². The van der Waals surface area contributed by atoms with Crippen LogP contribution in [0.25, 0.3) is 10.9 Å². The molecule has 1 aromatic heterocycles. The Morgan fingerprint density at radius 1 is 1.25 bits per heavy atom. The number of benzene rings is 2. The van der Waals surface area contributed by atoms with Crippen LogP contribution in [0, 0.1) is 12.8 Å². The van der Waals surface area contributed by atoms with E-state index in [-0.39, 0.29) is 24.2 Å². The summed E-state index contributed by atoms with van der Waals surface area (Å²) < 4.78 is 0.959. The lowest BCUT2D eigenvalue weighted by molar-refractivity contribution is -0.128. The summed E-state index contributed by atoms with van der Waals surface area (Å²) in [7, 11) is 0. The van der Waals surface area contributed by atoms with Crippen molar-refractivity contribution in [3.05, 3.63) is 64.3 Å². The fourth-order valence-corrected chi connectivity index (χ4v) is 3.96. The van der Waals surface area contributed by atoms with E-state index >= 15 is 0 Å². The molecule has 2 heterocycles. The maximum Gasteiger partial charge on any atom is 0.229 e. The number of likely N-dealkylation sites (tertiary alicyclic amines) is 1. The van der Waals surface area contributed by atoms with Crippen LogP contribution in [0.4, 0.5) is 5.69 Å². The number of hydrogen-bond acceptors (Lipinski definition) is 2. The number of hydrogen-bond donors (Lipinski definition) is 2. The third-order valence-corrected chi connectivity index (χ3v) is 5.80. The van der Waals surface area contributed by atoms with Crippen LogP contribution in [0.15, 0.2) is 53.1 Å². The zero-order valence-electron chi connectivity index (χ0n) is 15.7. The molecule has 0 saturated carbocycles. The van der Waals surface area contributed by atoms with Gasteiger partial charge in [-0.3, -0.25) is 9.59 Å². The first-order chi connectivity index (χ1) is 13.5. The van der Waals surface area contributed by atoms with Gasteiger partial charge in [-0.2, -0.15) is 0 Å². The van der Waals surface area contributed by atoms with Crippen molar-refractivity contribution in [1.29, 1.82) is 0 Å².